The fraction of sp³-hybridized carbons (Fsp3) is 0.0370. The van der Waals surface area contributed by atoms with Crippen LogP contribution < -0.4 is 10.1 Å². The summed E-state index contributed by atoms with van der Waals surface area (Å²) < 4.78 is 5.83. The minimum Gasteiger partial charge on any atom is -0.489 e. The molecule has 1 amide bonds. The van der Waals surface area contributed by atoms with E-state index >= 15 is 0 Å². The van der Waals surface area contributed by atoms with Crippen LogP contribution in [0.5, 0.6) is 5.75 Å². The highest BCUT2D eigenvalue weighted by molar-refractivity contribution is 8.18. The van der Waals surface area contributed by atoms with Gasteiger partial charge in [-0.3, -0.25) is 4.79 Å². The van der Waals surface area contributed by atoms with Crippen molar-refractivity contribution >= 4 is 57.0 Å². The molecule has 1 saturated heterocycles. The molecule has 5 rings (SSSR count). The second-order valence-corrected chi connectivity index (χ2v) is 8.93. The zero-order valence-electron chi connectivity index (χ0n) is 17.5. The van der Waals surface area contributed by atoms with Crippen molar-refractivity contribution in [3.63, 3.8) is 0 Å². The molecule has 33 heavy (non-hydrogen) atoms. The Morgan fingerprint density at radius 1 is 0.909 bits per heavy atom. The Hall–Kier alpha value is -3.54. The number of amides is 1. The van der Waals surface area contributed by atoms with E-state index in [4.69, 9.17) is 16.3 Å². The molecule has 0 radical (unpaired) electrons. The summed E-state index contributed by atoms with van der Waals surface area (Å²) >= 11 is 7.25. The number of thioether (sulfide) groups is 1. The third-order valence-corrected chi connectivity index (χ3v) is 6.30. The average Bonchev–Trinajstić information content (AvgIpc) is 3.18. The number of nitrogens with one attached hydrogen (secondary N) is 1. The van der Waals surface area contributed by atoms with Gasteiger partial charge in [-0.25, -0.2) is 4.99 Å². The van der Waals surface area contributed by atoms with Crippen molar-refractivity contribution in [1.82, 2.24) is 5.32 Å². The molecular formula is C27H19ClN2O2S. The first kappa shape index (κ1) is 21.3. The minimum absolute atomic E-state index is 0.151. The fourth-order valence-electron chi connectivity index (χ4n) is 3.45. The minimum atomic E-state index is -0.151. The molecule has 0 spiro atoms. The van der Waals surface area contributed by atoms with Gasteiger partial charge in [0.1, 0.15) is 12.4 Å². The zero-order chi connectivity index (χ0) is 22.6. The molecule has 4 aromatic rings. The molecular weight excluding hydrogens is 452 g/mol. The lowest BCUT2D eigenvalue weighted by Crippen LogP contribution is -2.19. The van der Waals surface area contributed by atoms with Crippen molar-refractivity contribution in [2.24, 2.45) is 4.99 Å². The maximum absolute atomic E-state index is 12.5. The lowest BCUT2D eigenvalue weighted by atomic mass is 10.1. The summed E-state index contributed by atoms with van der Waals surface area (Å²) in [6.45, 7) is 0.462. The normalized spacial score (nSPS) is 15.8. The van der Waals surface area contributed by atoms with Gasteiger partial charge in [0, 0.05) is 10.4 Å². The van der Waals surface area contributed by atoms with Crippen LogP contribution in [0.15, 0.2) is 101 Å². The number of nitrogens with zero attached hydrogens (tertiary/aromatic N) is 1. The van der Waals surface area contributed by atoms with Crippen LogP contribution in [0.4, 0.5) is 5.69 Å². The second-order valence-electron chi connectivity index (χ2n) is 7.46. The molecule has 1 aliphatic heterocycles. The molecule has 162 valence electrons. The van der Waals surface area contributed by atoms with Crippen LogP contribution in [0.25, 0.3) is 16.8 Å². The predicted octanol–water partition coefficient (Wildman–Crippen LogP) is 6.96. The van der Waals surface area contributed by atoms with Crippen LogP contribution in [0, 0.1) is 0 Å². The van der Waals surface area contributed by atoms with E-state index in [1.54, 1.807) is 0 Å². The molecule has 1 fully saturated rings. The molecule has 4 aromatic carbocycles. The van der Waals surface area contributed by atoms with E-state index in [1.165, 1.54) is 11.8 Å². The maximum Gasteiger partial charge on any atom is 0.264 e. The first-order valence-corrected chi connectivity index (χ1v) is 11.6. The summed E-state index contributed by atoms with van der Waals surface area (Å²) in [6, 6.07) is 29.2. The van der Waals surface area contributed by atoms with Gasteiger partial charge in [-0.2, -0.15) is 0 Å². The van der Waals surface area contributed by atoms with Gasteiger partial charge >= 0.3 is 0 Å². The largest absolute Gasteiger partial charge is 0.489 e. The van der Waals surface area contributed by atoms with Crippen molar-refractivity contribution in [3.8, 4) is 5.75 Å². The molecule has 4 nitrogen and oxygen atoms in total. The van der Waals surface area contributed by atoms with Crippen LogP contribution in [0.1, 0.15) is 11.1 Å². The number of carbonyl (C=O) groups is 1. The molecule has 0 aromatic heterocycles. The molecule has 1 aliphatic rings. The van der Waals surface area contributed by atoms with E-state index in [9.17, 15) is 4.79 Å². The second kappa shape index (κ2) is 9.53. The number of fused-ring (bicyclic) bond motifs is 1. The SMILES string of the molecule is O=C1NC(=Nc2cccc3ccccc23)S/C1=C\c1ccc(OCc2ccc(Cl)cc2)cc1. The van der Waals surface area contributed by atoms with Gasteiger partial charge in [-0.05, 0) is 64.7 Å². The number of carbonyl (C=O) groups excluding carboxylic acids is 1. The van der Waals surface area contributed by atoms with E-state index in [1.807, 2.05) is 97.1 Å². The quantitative estimate of drug-likeness (QED) is 0.320. The standard InChI is InChI=1S/C27H19ClN2O2S/c28-21-12-8-19(9-13-21)17-32-22-14-10-18(11-15-22)16-25-26(31)30-27(33-25)29-24-7-3-5-20-4-1-2-6-23(20)24/h1-16H,17H2,(H,29,30,31)/b25-16-. The number of benzene rings is 4. The third-order valence-electron chi connectivity index (χ3n) is 5.14. The maximum atomic E-state index is 12.5. The van der Waals surface area contributed by atoms with Gasteiger partial charge in [0.2, 0.25) is 0 Å². The van der Waals surface area contributed by atoms with Crippen molar-refractivity contribution in [1.29, 1.82) is 0 Å². The number of hydrogen-bond donors (Lipinski definition) is 1. The van der Waals surface area contributed by atoms with Crippen LogP contribution in [0.3, 0.4) is 0 Å². The first-order valence-electron chi connectivity index (χ1n) is 10.4. The highest BCUT2D eigenvalue weighted by Gasteiger charge is 2.24. The van der Waals surface area contributed by atoms with Crippen LogP contribution in [-0.2, 0) is 11.4 Å². The molecule has 1 N–H and O–H groups in total. The van der Waals surface area contributed by atoms with E-state index in [2.05, 4.69) is 10.3 Å². The number of hydrogen-bond acceptors (Lipinski definition) is 4. The molecule has 0 unspecified atom stereocenters. The van der Waals surface area contributed by atoms with Gasteiger partial charge in [-0.15, -0.1) is 0 Å². The number of ether oxygens (including phenoxy) is 1. The Balaban J connectivity index is 1.28. The van der Waals surface area contributed by atoms with Crippen LogP contribution in [0.2, 0.25) is 5.02 Å². The van der Waals surface area contributed by atoms with Crippen molar-refractivity contribution < 1.29 is 9.53 Å². The summed E-state index contributed by atoms with van der Waals surface area (Å²) in [5, 5.41) is 6.31. The van der Waals surface area contributed by atoms with E-state index in [0.717, 1.165) is 33.3 Å². The number of halogens is 1. The Labute approximate surface area is 201 Å². The van der Waals surface area contributed by atoms with Gasteiger partial charge in [0.05, 0.1) is 10.6 Å². The monoisotopic (exact) mass is 470 g/mol. The topological polar surface area (TPSA) is 50.7 Å². The summed E-state index contributed by atoms with van der Waals surface area (Å²) in [7, 11) is 0. The van der Waals surface area contributed by atoms with Crippen LogP contribution in [-0.4, -0.2) is 11.1 Å². The Bertz CT molecular complexity index is 1370. The Morgan fingerprint density at radius 2 is 1.67 bits per heavy atom. The first-order chi connectivity index (χ1) is 16.1. The predicted molar refractivity (Wildman–Crippen MR) is 137 cm³/mol. The van der Waals surface area contributed by atoms with E-state index in [0.29, 0.717) is 21.7 Å². The summed E-state index contributed by atoms with van der Waals surface area (Å²) in [5.74, 6) is 0.607. The van der Waals surface area contributed by atoms with Gasteiger partial charge < -0.3 is 10.1 Å². The highest BCUT2D eigenvalue weighted by atomic mass is 35.5. The molecule has 6 heteroatoms. The average molecular weight is 471 g/mol. The highest BCUT2D eigenvalue weighted by Crippen LogP contribution is 2.31. The van der Waals surface area contributed by atoms with Gasteiger partial charge in [0.15, 0.2) is 5.17 Å². The molecule has 0 atom stereocenters. The zero-order valence-corrected chi connectivity index (χ0v) is 19.1. The van der Waals surface area contributed by atoms with Crippen molar-refractivity contribution in [2.75, 3.05) is 0 Å². The van der Waals surface area contributed by atoms with Gasteiger partial charge in [-0.1, -0.05) is 72.3 Å². The smallest absolute Gasteiger partial charge is 0.264 e. The Morgan fingerprint density at radius 3 is 2.48 bits per heavy atom. The molecule has 0 aliphatic carbocycles. The molecule has 1 heterocycles. The number of rotatable bonds is 5. The lowest BCUT2D eigenvalue weighted by Gasteiger charge is -2.06. The number of amidine groups is 1. The van der Waals surface area contributed by atoms with Crippen molar-refractivity contribution in [2.45, 2.75) is 6.61 Å². The van der Waals surface area contributed by atoms with E-state index in [-0.39, 0.29) is 5.91 Å². The summed E-state index contributed by atoms with van der Waals surface area (Å²) in [5.41, 5.74) is 2.79. The third kappa shape index (κ3) is 5.11. The van der Waals surface area contributed by atoms with E-state index < -0.39 is 0 Å². The van der Waals surface area contributed by atoms with Crippen molar-refractivity contribution in [3.05, 3.63) is 112 Å². The summed E-state index contributed by atoms with van der Waals surface area (Å²) in [4.78, 5) is 17.8. The fourth-order valence-corrected chi connectivity index (χ4v) is 4.42. The number of aliphatic imine (C=N–C) groups is 1. The Kier molecular flexibility index (Phi) is 6.15. The molecule has 0 bridgehead atoms. The lowest BCUT2D eigenvalue weighted by molar-refractivity contribution is -0.115. The van der Waals surface area contributed by atoms with Gasteiger partial charge in [0.25, 0.3) is 5.91 Å². The molecule has 0 saturated carbocycles. The summed E-state index contributed by atoms with van der Waals surface area (Å²) in [6.07, 6.45) is 1.86. The van der Waals surface area contributed by atoms with Crippen LogP contribution >= 0.6 is 23.4 Å².